The molecule has 0 saturated heterocycles. The summed E-state index contributed by atoms with van der Waals surface area (Å²) in [5.74, 6) is -0.143. The molecule has 1 unspecified atom stereocenters. The van der Waals surface area contributed by atoms with Gasteiger partial charge < -0.3 is 15.2 Å². The van der Waals surface area contributed by atoms with Crippen LogP contribution in [0.25, 0.3) is 10.9 Å². The Balaban J connectivity index is 1.66. The first-order valence-electron chi connectivity index (χ1n) is 9.66. The van der Waals surface area contributed by atoms with Gasteiger partial charge in [-0.05, 0) is 41.5 Å². The van der Waals surface area contributed by atoms with Crippen LogP contribution in [0.5, 0.6) is 0 Å². The highest BCUT2D eigenvalue weighted by atomic mass is 16.1. The SMILES string of the molecule is CN(C)c1ccc(C(CNC(=O)c2ccccn2)c2c[nH]c3ccccc23)cc1. The smallest absolute Gasteiger partial charge is 0.269 e. The summed E-state index contributed by atoms with van der Waals surface area (Å²) in [5, 5.41) is 4.23. The Kier molecular flexibility index (Phi) is 5.29. The minimum absolute atomic E-state index is 0.0232. The molecule has 0 fully saturated rings. The van der Waals surface area contributed by atoms with Crippen molar-refractivity contribution >= 4 is 22.5 Å². The Hall–Kier alpha value is -3.60. The number of rotatable bonds is 6. The van der Waals surface area contributed by atoms with Crippen LogP contribution in [-0.2, 0) is 0 Å². The van der Waals surface area contributed by atoms with Gasteiger partial charge in [-0.25, -0.2) is 0 Å². The summed E-state index contributed by atoms with van der Waals surface area (Å²) >= 11 is 0. The number of aromatic nitrogens is 2. The topological polar surface area (TPSA) is 61.0 Å². The Morgan fingerprint density at radius 3 is 2.52 bits per heavy atom. The van der Waals surface area contributed by atoms with Crippen LogP contribution in [0.4, 0.5) is 5.69 Å². The second-order valence-electron chi connectivity index (χ2n) is 7.25. The van der Waals surface area contributed by atoms with E-state index in [0.717, 1.165) is 16.8 Å². The summed E-state index contributed by atoms with van der Waals surface area (Å²) in [6.07, 6.45) is 3.67. The van der Waals surface area contributed by atoms with Gasteiger partial charge in [0.2, 0.25) is 0 Å². The summed E-state index contributed by atoms with van der Waals surface area (Å²) in [4.78, 5) is 22.1. The fourth-order valence-electron chi connectivity index (χ4n) is 3.58. The maximum Gasteiger partial charge on any atom is 0.269 e. The van der Waals surface area contributed by atoms with Crippen molar-refractivity contribution in [1.82, 2.24) is 15.3 Å². The third-order valence-corrected chi connectivity index (χ3v) is 5.17. The summed E-state index contributed by atoms with van der Waals surface area (Å²) in [6.45, 7) is 0.485. The number of hydrogen-bond acceptors (Lipinski definition) is 3. The van der Waals surface area contributed by atoms with Crippen molar-refractivity contribution in [2.24, 2.45) is 0 Å². The lowest BCUT2D eigenvalue weighted by molar-refractivity contribution is 0.0947. The zero-order chi connectivity index (χ0) is 20.2. The molecule has 2 aromatic carbocycles. The number of H-pyrrole nitrogens is 1. The average Bonchev–Trinajstić information content (AvgIpc) is 3.19. The maximum atomic E-state index is 12.6. The maximum absolute atomic E-state index is 12.6. The third kappa shape index (κ3) is 3.99. The van der Waals surface area contributed by atoms with Gasteiger partial charge in [0.1, 0.15) is 5.69 Å². The van der Waals surface area contributed by atoms with Crippen LogP contribution < -0.4 is 10.2 Å². The van der Waals surface area contributed by atoms with E-state index in [-0.39, 0.29) is 11.8 Å². The molecule has 0 aliphatic heterocycles. The van der Waals surface area contributed by atoms with Crippen LogP contribution in [0.1, 0.15) is 27.5 Å². The predicted molar refractivity (Wildman–Crippen MR) is 117 cm³/mol. The molecule has 2 N–H and O–H groups in total. The first kappa shape index (κ1) is 18.7. The van der Waals surface area contributed by atoms with Gasteiger partial charge in [0.25, 0.3) is 5.91 Å². The number of aromatic amines is 1. The Bertz CT molecular complexity index is 1100. The second-order valence-corrected chi connectivity index (χ2v) is 7.25. The monoisotopic (exact) mass is 384 g/mol. The number of fused-ring (bicyclic) bond motifs is 1. The zero-order valence-electron chi connectivity index (χ0n) is 16.6. The van der Waals surface area contributed by atoms with E-state index in [4.69, 9.17) is 0 Å². The minimum atomic E-state index is -0.166. The number of anilines is 1. The van der Waals surface area contributed by atoms with Crippen molar-refractivity contribution < 1.29 is 4.79 Å². The van der Waals surface area contributed by atoms with E-state index >= 15 is 0 Å². The quantitative estimate of drug-likeness (QED) is 0.524. The van der Waals surface area contributed by atoms with E-state index in [1.54, 1.807) is 18.3 Å². The van der Waals surface area contributed by atoms with Crippen molar-refractivity contribution in [2.45, 2.75) is 5.92 Å². The van der Waals surface area contributed by atoms with Gasteiger partial charge in [-0.3, -0.25) is 9.78 Å². The van der Waals surface area contributed by atoms with Gasteiger partial charge in [-0.2, -0.15) is 0 Å². The van der Waals surface area contributed by atoms with Gasteiger partial charge in [0, 0.05) is 55.5 Å². The highest BCUT2D eigenvalue weighted by Gasteiger charge is 2.20. The number of pyridine rings is 1. The molecule has 1 atom stereocenters. The number of para-hydroxylation sites is 1. The lowest BCUT2D eigenvalue weighted by atomic mass is 9.90. The van der Waals surface area contributed by atoms with Crippen LogP contribution in [0.15, 0.2) is 79.1 Å². The van der Waals surface area contributed by atoms with Crippen LogP contribution in [0, 0.1) is 0 Å². The van der Waals surface area contributed by atoms with Crippen molar-refractivity contribution in [3.05, 3.63) is 95.9 Å². The van der Waals surface area contributed by atoms with Gasteiger partial charge in [-0.1, -0.05) is 36.4 Å². The predicted octanol–water partition coefficient (Wildman–Crippen LogP) is 4.19. The lowest BCUT2D eigenvalue weighted by Crippen LogP contribution is -2.29. The van der Waals surface area contributed by atoms with Gasteiger partial charge in [0.15, 0.2) is 0 Å². The molecule has 4 aromatic rings. The number of nitrogens with one attached hydrogen (secondary N) is 2. The molecule has 29 heavy (non-hydrogen) atoms. The molecule has 0 spiro atoms. The van der Waals surface area contributed by atoms with E-state index < -0.39 is 0 Å². The van der Waals surface area contributed by atoms with Crippen LogP contribution in [0.2, 0.25) is 0 Å². The number of carbonyl (C=O) groups excluding carboxylic acids is 1. The molecule has 1 amide bonds. The summed E-state index contributed by atoms with van der Waals surface area (Å²) < 4.78 is 0. The van der Waals surface area contributed by atoms with Crippen molar-refractivity contribution in [3.63, 3.8) is 0 Å². The number of amides is 1. The Morgan fingerprint density at radius 2 is 1.79 bits per heavy atom. The number of nitrogens with zero attached hydrogens (tertiary/aromatic N) is 2. The van der Waals surface area contributed by atoms with Gasteiger partial charge in [-0.15, -0.1) is 0 Å². The van der Waals surface area contributed by atoms with Gasteiger partial charge in [0.05, 0.1) is 0 Å². The van der Waals surface area contributed by atoms with E-state index in [1.165, 1.54) is 10.9 Å². The Morgan fingerprint density at radius 1 is 1.03 bits per heavy atom. The number of hydrogen-bond donors (Lipinski definition) is 2. The van der Waals surface area contributed by atoms with Crippen LogP contribution >= 0.6 is 0 Å². The molecule has 0 aliphatic carbocycles. The van der Waals surface area contributed by atoms with Crippen molar-refractivity contribution in [3.8, 4) is 0 Å². The second kappa shape index (κ2) is 8.19. The van der Waals surface area contributed by atoms with Crippen molar-refractivity contribution in [1.29, 1.82) is 0 Å². The average molecular weight is 384 g/mol. The molecule has 5 nitrogen and oxygen atoms in total. The molecule has 0 saturated carbocycles. The molecular formula is C24H24N4O. The first-order valence-corrected chi connectivity index (χ1v) is 9.66. The van der Waals surface area contributed by atoms with Gasteiger partial charge >= 0.3 is 0 Å². The Labute approximate surface area is 170 Å². The highest BCUT2D eigenvalue weighted by molar-refractivity contribution is 5.92. The fourth-order valence-corrected chi connectivity index (χ4v) is 3.58. The van der Waals surface area contributed by atoms with E-state index in [2.05, 4.69) is 56.6 Å². The molecule has 0 radical (unpaired) electrons. The molecular weight excluding hydrogens is 360 g/mol. The molecule has 2 aromatic heterocycles. The van der Waals surface area contributed by atoms with Crippen LogP contribution in [-0.4, -0.2) is 36.5 Å². The fraction of sp³-hybridized carbons (Fsp3) is 0.167. The largest absolute Gasteiger partial charge is 0.378 e. The van der Waals surface area contributed by atoms with E-state index in [9.17, 15) is 4.79 Å². The molecule has 0 bridgehead atoms. The molecule has 4 rings (SSSR count). The molecule has 5 heteroatoms. The van der Waals surface area contributed by atoms with Crippen molar-refractivity contribution in [2.75, 3.05) is 25.5 Å². The number of carbonyl (C=O) groups is 1. The number of benzene rings is 2. The molecule has 2 heterocycles. The standard InChI is InChI=1S/C24H24N4O/c1-28(2)18-12-10-17(11-13-18)20(15-27-24(29)23-9-5-6-14-25-23)21-16-26-22-8-4-3-7-19(21)22/h3-14,16,20,26H,15H2,1-2H3,(H,27,29). The summed E-state index contributed by atoms with van der Waals surface area (Å²) in [6, 6.07) is 22.1. The highest BCUT2D eigenvalue weighted by Crippen LogP contribution is 2.31. The summed E-state index contributed by atoms with van der Waals surface area (Å²) in [7, 11) is 4.05. The zero-order valence-corrected chi connectivity index (χ0v) is 16.6. The van der Waals surface area contributed by atoms with Crippen LogP contribution in [0.3, 0.4) is 0 Å². The lowest BCUT2D eigenvalue weighted by Gasteiger charge is -2.20. The van der Waals surface area contributed by atoms with E-state index in [1.807, 2.05) is 38.5 Å². The molecule has 0 aliphatic rings. The first-order chi connectivity index (χ1) is 14.1. The molecule has 146 valence electrons. The normalized spacial score (nSPS) is 11.9. The summed E-state index contributed by atoms with van der Waals surface area (Å²) in [5.41, 5.74) is 4.98. The minimum Gasteiger partial charge on any atom is -0.378 e. The third-order valence-electron chi connectivity index (χ3n) is 5.17. The van der Waals surface area contributed by atoms with E-state index in [0.29, 0.717) is 12.2 Å².